The normalized spacial score (nSPS) is 15.2. The maximum atomic E-state index is 2.65. The first-order chi connectivity index (χ1) is 65.5. The number of rotatable bonds is 9. The third kappa shape index (κ3) is 9.17. The van der Waals surface area contributed by atoms with Crippen LogP contribution in [0.4, 0.5) is 34.1 Å². The van der Waals surface area contributed by atoms with E-state index in [1.807, 2.05) is 22.7 Å². The van der Waals surface area contributed by atoms with Crippen LogP contribution < -0.4 is 9.80 Å². The van der Waals surface area contributed by atoms with Gasteiger partial charge in [0.25, 0.3) is 0 Å². The number of hydrogen-bond donors (Lipinski definition) is 0. The molecule has 4 heteroatoms. The highest BCUT2D eigenvalue weighted by Gasteiger charge is 2.58. The summed E-state index contributed by atoms with van der Waals surface area (Å²) in [5, 5.41) is 2.60. The highest BCUT2D eigenvalue weighted by atomic mass is 32.1. The lowest BCUT2D eigenvalue weighted by Crippen LogP contribution is -2.26. The van der Waals surface area contributed by atoms with E-state index < -0.39 is 21.7 Å². The monoisotopic (exact) mass is 1700 g/mol. The maximum absolute atomic E-state index is 2.65. The van der Waals surface area contributed by atoms with Crippen LogP contribution in [-0.4, -0.2) is 0 Å². The Morgan fingerprint density at radius 1 is 0.159 bits per heavy atom. The Kier molecular flexibility index (Phi) is 14.8. The van der Waals surface area contributed by atoms with Gasteiger partial charge in [-0.15, -0.1) is 22.7 Å². The molecule has 8 aliphatic carbocycles. The van der Waals surface area contributed by atoms with Gasteiger partial charge >= 0.3 is 0 Å². The number of benzene rings is 20. The zero-order valence-electron chi connectivity index (χ0n) is 71.6. The van der Waals surface area contributed by atoms with Crippen molar-refractivity contribution in [3.63, 3.8) is 0 Å². The summed E-state index contributed by atoms with van der Waals surface area (Å²) in [5.74, 6) is 0. The van der Waals surface area contributed by atoms with Crippen LogP contribution >= 0.6 is 22.7 Å². The SMILES string of the molecule is c1ccc(-c2ccc(N(c3ccc4c(c3)C3(c5ccccc5-c5ccccc53)c3ccccc3-4)c3ccc4c(c3)C3(c5ccccc5-c5ccccc53)c3c-4sc4cc(-c5cccc(-c6ccccc6N(c6ccc7c(c6)C6(c8ccccc8-c8ccccc86)c6ccccc6-7)c6cccc7c6-c6ccccc6C76c7ccccc7-c7sc8ccccc8c76)c5)ccc34)cc2)cc1. The Morgan fingerprint density at radius 2 is 0.470 bits per heavy atom. The number of anilines is 6. The minimum atomic E-state index is -0.660. The van der Waals surface area contributed by atoms with E-state index in [-0.39, 0.29) is 0 Å². The van der Waals surface area contributed by atoms with Crippen LogP contribution in [0, 0.1) is 0 Å². The van der Waals surface area contributed by atoms with Crippen molar-refractivity contribution in [2.75, 3.05) is 9.80 Å². The lowest BCUT2D eigenvalue weighted by atomic mass is 9.70. The van der Waals surface area contributed by atoms with Crippen LogP contribution in [0.5, 0.6) is 0 Å². The summed E-state index contributed by atoms with van der Waals surface area (Å²) in [6.07, 6.45) is 0. The zero-order valence-corrected chi connectivity index (χ0v) is 73.2. The van der Waals surface area contributed by atoms with Crippen LogP contribution in [0.1, 0.15) is 89.0 Å². The van der Waals surface area contributed by atoms with E-state index >= 15 is 0 Å². The molecule has 2 aromatic heterocycles. The zero-order chi connectivity index (χ0) is 86.0. The minimum absolute atomic E-state index is 0.525. The molecule has 0 bridgehead atoms. The molecule has 2 nitrogen and oxygen atoms in total. The van der Waals surface area contributed by atoms with Gasteiger partial charge in [0.05, 0.1) is 33.0 Å². The standard InChI is InChI=1S/C128H76N2S2/c1-2-30-77(31-3-1)78-60-63-82(64-61-78)129(83-65-69-95-93-41-8-20-50-106(93)125(113(95)74-83)102-46-16-4-35-87(102)88-36-5-17-47-103(88)125)84-67-71-99-115(75-84)128(108-52-22-10-39-91(108)92-40-11-23-53-109(92)128)122-101-68-62-80(73-119(101)132-124(99)122)79-32-28-33-81(72-79)86-34-14-26-57-116(86)130(85-66-70-96-94-42-9-21-51-107(94)126(114(96)76-85)104-48-18-6-37-89(104)90-38-7-19-49-105(90)126)117-58-29-56-112-120(117)97-43-12-24-54-110(97)127(112)111-55-25-13-44-98(111)123-121(127)100-45-15-27-59-118(100)131-123/h1-76H. The molecule has 0 saturated carbocycles. The predicted octanol–water partition coefficient (Wildman–Crippen LogP) is 33.4. The molecule has 0 saturated heterocycles. The van der Waals surface area contributed by atoms with Crippen molar-refractivity contribution in [2.45, 2.75) is 21.7 Å². The third-order valence-electron chi connectivity index (χ3n) is 31.1. The highest BCUT2D eigenvalue weighted by Crippen LogP contribution is 2.72. The molecule has 0 radical (unpaired) electrons. The van der Waals surface area contributed by atoms with Gasteiger partial charge in [0.1, 0.15) is 0 Å². The van der Waals surface area contributed by atoms with E-state index in [1.54, 1.807) is 0 Å². The van der Waals surface area contributed by atoms with Gasteiger partial charge in [-0.3, -0.25) is 0 Å². The molecule has 4 spiro atoms. The quantitative estimate of drug-likeness (QED) is 0.142. The fourth-order valence-electron chi connectivity index (χ4n) is 26.3. The summed E-state index contributed by atoms with van der Waals surface area (Å²) in [6, 6.07) is 177. The van der Waals surface area contributed by atoms with Gasteiger partial charge < -0.3 is 9.80 Å². The molecule has 30 rings (SSSR count). The van der Waals surface area contributed by atoms with Crippen LogP contribution in [0.25, 0.3) is 141 Å². The second-order valence-electron chi connectivity index (χ2n) is 36.8. The molecule has 20 aromatic carbocycles. The Morgan fingerprint density at radius 3 is 0.992 bits per heavy atom. The van der Waals surface area contributed by atoms with E-state index in [0.717, 1.165) is 50.8 Å². The lowest BCUT2D eigenvalue weighted by Gasteiger charge is -2.34. The summed E-state index contributed by atoms with van der Waals surface area (Å²) in [7, 11) is 0. The van der Waals surface area contributed by atoms with Gasteiger partial charge in [0.15, 0.2) is 0 Å². The molecule has 0 fully saturated rings. The average Bonchev–Trinajstić information content (AvgIpc) is 1.50. The summed E-state index contributed by atoms with van der Waals surface area (Å²) in [5.41, 5.74) is 50.4. The molecule has 0 N–H and O–H groups in total. The number of nitrogens with zero attached hydrogens (tertiary/aromatic N) is 2. The van der Waals surface area contributed by atoms with Gasteiger partial charge in [-0.1, -0.05) is 382 Å². The first kappa shape index (κ1) is 72.9. The van der Waals surface area contributed by atoms with Gasteiger partial charge in [0.2, 0.25) is 0 Å². The van der Waals surface area contributed by atoms with Gasteiger partial charge in [-0.2, -0.15) is 0 Å². The molecular weight excluding hydrogens is 1630 g/mol. The first-order valence-corrected chi connectivity index (χ1v) is 47.7. The Hall–Kier alpha value is -16.1. The summed E-state index contributed by atoms with van der Waals surface area (Å²) >= 11 is 3.89. The molecule has 610 valence electrons. The van der Waals surface area contributed by atoms with Crippen LogP contribution in [-0.2, 0) is 21.7 Å². The summed E-state index contributed by atoms with van der Waals surface area (Å²) < 4.78 is 2.58. The second-order valence-corrected chi connectivity index (χ2v) is 39.0. The Balaban J connectivity index is 0.596. The number of para-hydroxylation sites is 1. The van der Waals surface area contributed by atoms with E-state index in [4.69, 9.17) is 0 Å². The fraction of sp³-hybridized carbons (Fsp3) is 0.0312. The largest absolute Gasteiger partial charge is 0.310 e. The molecule has 1 unspecified atom stereocenters. The molecule has 0 amide bonds. The molecule has 2 heterocycles. The van der Waals surface area contributed by atoms with Crippen LogP contribution in [0.3, 0.4) is 0 Å². The van der Waals surface area contributed by atoms with Crippen LogP contribution in [0.2, 0.25) is 0 Å². The Labute approximate surface area is 773 Å². The minimum Gasteiger partial charge on any atom is -0.310 e. The predicted molar refractivity (Wildman–Crippen MR) is 548 cm³/mol. The van der Waals surface area contributed by atoms with Crippen molar-refractivity contribution in [3.05, 3.63) is 550 Å². The molecule has 8 aliphatic rings. The average molecular weight is 1710 g/mol. The number of fused-ring (bicyclic) bond motifs is 44. The summed E-state index contributed by atoms with van der Waals surface area (Å²) in [6.45, 7) is 0. The van der Waals surface area contributed by atoms with E-state index in [2.05, 4.69) is 471 Å². The van der Waals surface area contributed by atoms with Crippen molar-refractivity contribution in [2.24, 2.45) is 0 Å². The van der Waals surface area contributed by atoms with Crippen LogP contribution in [0.15, 0.2) is 461 Å². The van der Waals surface area contributed by atoms with Crippen molar-refractivity contribution < 1.29 is 0 Å². The van der Waals surface area contributed by atoms with E-state index in [0.29, 0.717) is 0 Å². The molecule has 132 heavy (non-hydrogen) atoms. The fourth-order valence-corrected chi connectivity index (χ4v) is 28.9. The lowest BCUT2D eigenvalue weighted by molar-refractivity contribution is 0.793. The Bertz CT molecular complexity index is 8660. The van der Waals surface area contributed by atoms with Gasteiger partial charge in [-0.05, 0) is 279 Å². The van der Waals surface area contributed by atoms with E-state index in [9.17, 15) is 0 Å². The third-order valence-corrected chi connectivity index (χ3v) is 33.5. The smallest absolute Gasteiger partial charge is 0.0740 e. The van der Waals surface area contributed by atoms with Crippen molar-refractivity contribution in [1.29, 1.82) is 0 Å². The maximum Gasteiger partial charge on any atom is 0.0740 e. The molecule has 22 aromatic rings. The van der Waals surface area contributed by atoms with Gasteiger partial charge in [-0.25, -0.2) is 0 Å². The molecular formula is C128H76N2S2. The number of hydrogen-bond acceptors (Lipinski definition) is 4. The number of thiophene rings is 2. The molecule has 1 atom stereocenters. The first-order valence-electron chi connectivity index (χ1n) is 46.1. The molecule has 0 aliphatic heterocycles. The highest BCUT2D eigenvalue weighted by molar-refractivity contribution is 7.23. The van der Waals surface area contributed by atoms with Crippen molar-refractivity contribution in [1.82, 2.24) is 0 Å². The van der Waals surface area contributed by atoms with E-state index in [1.165, 1.54) is 214 Å². The van der Waals surface area contributed by atoms with Crippen molar-refractivity contribution in [3.8, 4) is 121 Å². The summed E-state index contributed by atoms with van der Waals surface area (Å²) in [4.78, 5) is 7.88. The topological polar surface area (TPSA) is 6.48 Å². The van der Waals surface area contributed by atoms with Crippen molar-refractivity contribution >= 4 is 77.0 Å². The second kappa shape index (κ2) is 26.8. The van der Waals surface area contributed by atoms with Gasteiger partial charge in [0, 0.05) is 53.0 Å².